The van der Waals surface area contributed by atoms with Crippen LogP contribution in [0.4, 0.5) is 0 Å². The van der Waals surface area contributed by atoms with Gasteiger partial charge in [0.15, 0.2) is 0 Å². The maximum atomic E-state index is 9.27. The maximum absolute atomic E-state index is 9.27. The first-order valence-electron chi connectivity index (χ1n) is 5.13. The summed E-state index contributed by atoms with van der Waals surface area (Å²) in [5, 5.41) is 10.6. The quantitative estimate of drug-likeness (QED) is 0.900. The maximum Gasteiger partial charge on any atom is 0.0610 e. The second kappa shape index (κ2) is 5.37. The van der Waals surface area contributed by atoms with Gasteiger partial charge in [-0.05, 0) is 33.0 Å². The average molecular weight is 262 g/mol. The third kappa shape index (κ3) is 3.11. The van der Waals surface area contributed by atoms with E-state index in [4.69, 9.17) is 23.2 Å². The summed E-state index contributed by atoms with van der Waals surface area (Å²) in [6.07, 6.45) is 0. The van der Waals surface area contributed by atoms with Crippen molar-refractivity contribution in [2.24, 2.45) is 0 Å². The molecule has 0 spiro atoms. The van der Waals surface area contributed by atoms with Crippen molar-refractivity contribution in [1.82, 2.24) is 4.90 Å². The lowest BCUT2D eigenvalue weighted by molar-refractivity contribution is 0.0734. The zero-order valence-corrected chi connectivity index (χ0v) is 11.3. The molecule has 0 aromatic heterocycles. The summed E-state index contributed by atoms with van der Waals surface area (Å²) < 4.78 is 0. The monoisotopic (exact) mass is 261 g/mol. The van der Waals surface area contributed by atoms with E-state index in [1.807, 2.05) is 44.0 Å². The lowest BCUT2D eigenvalue weighted by atomic mass is 10.0. The van der Waals surface area contributed by atoms with Crippen LogP contribution < -0.4 is 0 Å². The van der Waals surface area contributed by atoms with Crippen LogP contribution in [0.5, 0.6) is 0 Å². The number of aliphatic hydroxyl groups is 1. The molecular weight excluding hydrogens is 245 g/mol. The topological polar surface area (TPSA) is 23.5 Å². The summed E-state index contributed by atoms with van der Waals surface area (Å²) in [4.78, 5) is 2.03. The normalized spacial score (nSPS) is 12.2. The van der Waals surface area contributed by atoms with Crippen LogP contribution in [0, 0.1) is 0 Å². The predicted molar refractivity (Wildman–Crippen MR) is 69.1 cm³/mol. The fourth-order valence-corrected chi connectivity index (χ4v) is 1.77. The third-order valence-electron chi connectivity index (χ3n) is 2.88. The second-order valence-corrected chi connectivity index (χ2v) is 5.34. The summed E-state index contributed by atoms with van der Waals surface area (Å²) in [5.74, 6) is 0. The number of halogens is 2. The molecule has 0 saturated heterocycles. The average Bonchev–Trinajstić information content (AvgIpc) is 2.23. The first kappa shape index (κ1) is 13.8. The van der Waals surface area contributed by atoms with Gasteiger partial charge >= 0.3 is 0 Å². The Hall–Kier alpha value is -0.280. The standard InChI is InChI=1S/C12H17Cl2NO/c1-12(2,8-16)15(3)7-9-10(13)5-4-6-11(9)14/h4-6,16H,7-8H2,1-3H3. The SMILES string of the molecule is CN(Cc1c(Cl)cccc1Cl)C(C)(C)CO. The number of hydrogen-bond acceptors (Lipinski definition) is 2. The van der Waals surface area contributed by atoms with Gasteiger partial charge in [0.25, 0.3) is 0 Å². The van der Waals surface area contributed by atoms with E-state index in [1.165, 1.54) is 0 Å². The molecule has 0 atom stereocenters. The van der Waals surface area contributed by atoms with Gasteiger partial charge in [0.1, 0.15) is 0 Å². The third-order valence-corrected chi connectivity index (χ3v) is 3.59. The van der Waals surface area contributed by atoms with Crippen molar-refractivity contribution in [2.75, 3.05) is 13.7 Å². The molecule has 0 bridgehead atoms. The summed E-state index contributed by atoms with van der Waals surface area (Å²) in [6.45, 7) is 4.65. The number of likely N-dealkylation sites (N-methyl/N-ethyl adjacent to an activating group) is 1. The van der Waals surface area contributed by atoms with Crippen LogP contribution in [0.25, 0.3) is 0 Å². The molecule has 1 rings (SSSR count). The van der Waals surface area contributed by atoms with Gasteiger partial charge in [-0.1, -0.05) is 29.3 Å². The summed E-state index contributed by atoms with van der Waals surface area (Å²) in [5.41, 5.74) is 0.609. The van der Waals surface area contributed by atoms with Crippen molar-refractivity contribution < 1.29 is 5.11 Å². The fraction of sp³-hybridized carbons (Fsp3) is 0.500. The van der Waals surface area contributed by atoms with E-state index < -0.39 is 0 Å². The van der Waals surface area contributed by atoms with Gasteiger partial charge in [0.2, 0.25) is 0 Å². The van der Waals surface area contributed by atoms with Crippen molar-refractivity contribution in [3.8, 4) is 0 Å². The molecule has 0 aliphatic carbocycles. The molecule has 90 valence electrons. The largest absolute Gasteiger partial charge is 0.394 e. The summed E-state index contributed by atoms with van der Waals surface area (Å²) >= 11 is 12.2. The predicted octanol–water partition coefficient (Wildman–Crippen LogP) is 3.20. The van der Waals surface area contributed by atoms with E-state index in [9.17, 15) is 5.11 Å². The van der Waals surface area contributed by atoms with Crippen molar-refractivity contribution in [3.63, 3.8) is 0 Å². The van der Waals surface area contributed by atoms with Crippen LogP contribution >= 0.6 is 23.2 Å². The van der Waals surface area contributed by atoms with Gasteiger partial charge in [-0.3, -0.25) is 4.90 Å². The van der Waals surface area contributed by atoms with Crippen molar-refractivity contribution in [3.05, 3.63) is 33.8 Å². The Kier molecular flexibility index (Phi) is 4.62. The Morgan fingerprint density at radius 3 is 2.19 bits per heavy atom. The molecule has 4 heteroatoms. The van der Waals surface area contributed by atoms with Crippen LogP contribution in [-0.2, 0) is 6.54 Å². The molecule has 0 radical (unpaired) electrons. The molecule has 0 aliphatic heterocycles. The zero-order valence-electron chi connectivity index (χ0n) is 9.80. The van der Waals surface area contributed by atoms with Gasteiger partial charge in [-0.2, -0.15) is 0 Å². The highest BCUT2D eigenvalue weighted by molar-refractivity contribution is 6.35. The Bertz CT molecular complexity index is 346. The van der Waals surface area contributed by atoms with E-state index in [1.54, 1.807) is 0 Å². The number of nitrogens with zero attached hydrogens (tertiary/aromatic N) is 1. The molecule has 0 aliphatic rings. The van der Waals surface area contributed by atoms with Gasteiger partial charge in [0.05, 0.1) is 6.61 Å². The van der Waals surface area contributed by atoms with Gasteiger partial charge in [-0.15, -0.1) is 0 Å². The Labute approximate surface area is 107 Å². The lowest BCUT2D eigenvalue weighted by Gasteiger charge is -2.34. The summed E-state index contributed by atoms with van der Waals surface area (Å²) in [7, 11) is 1.94. The molecule has 0 saturated carbocycles. The van der Waals surface area contributed by atoms with E-state index in [2.05, 4.69) is 0 Å². The minimum atomic E-state index is -0.289. The highest BCUT2D eigenvalue weighted by Gasteiger charge is 2.23. The van der Waals surface area contributed by atoms with Gasteiger partial charge in [-0.25, -0.2) is 0 Å². The summed E-state index contributed by atoms with van der Waals surface area (Å²) in [6, 6.07) is 5.47. The molecule has 0 heterocycles. The minimum absolute atomic E-state index is 0.0889. The molecule has 1 aromatic rings. The number of aliphatic hydroxyl groups excluding tert-OH is 1. The van der Waals surface area contributed by atoms with Crippen LogP contribution in [0.2, 0.25) is 10.0 Å². The minimum Gasteiger partial charge on any atom is -0.394 e. The highest BCUT2D eigenvalue weighted by atomic mass is 35.5. The van der Waals surface area contributed by atoms with E-state index in [0.29, 0.717) is 16.6 Å². The zero-order chi connectivity index (χ0) is 12.3. The van der Waals surface area contributed by atoms with E-state index in [-0.39, 0.29) is 12.1 Å². The van der Waals surface area contributed by atoms with Crippen LogP contribution in [-0.4, -0.2) is 29.2 Å². The molecule has 1 aromatic carbocycles. The van der Waals surface area contributed by atoms with Crippen LogP contribution in [0.15, 0.2) is 18.2 Å². The number of benzene rings is 1. The molecule has 0 amide bonds. The Morgan fingerprint density at radius 2 is 1.75 bits per heavy atom. The molecule has 0 fully saturated rings. The Morgan fingerprint density at radius 1 is 1.25 bits per heavy atom. The second-order valence-electron chi connectivity index (χ2n) is 4.53. The first-order chi connectivity index (χ1) is 7.38. The van der Waals surface area contributed by atoms with E-state index in [0.717, 1.165) is 5.56 Å². The van der Waals surface area contributed by atoms with Crippen molar-refractivity contribution >= 4 is 23.2 Å². The smallest absolute Gasteiger partial charge is 0.0610 e. The molecule has 0 unspecified atom stereocenters. The van der Waals surface area contributed by atoms with Crippen LogP contribution in [0.3, 0.4) is 0 Å². The Balaban J connectivity index is 2.89. The van der Waals surface area contributed by atoms with Crippen molar-refractivity contribution in [1.29, 1.82) is 0 Å². The molecule has 1 N–H and O–H groups in total. The molecular formula is C12H17Cl2NO. The molecule has 16 heavy (non-hydrogen) atoms. The van der Waals surface area contributed by atoms with Crippen LogP contribution in [0.1, 0.15) is 19.4 Å². The van der Waals surface area contributed by atoms with Crippen molar-refractivity contribution in [2.45, 2.75) is 25.9 Å². The van der Waals surface area contributed by atoms with E-state index >= 15 is 0 Å². The fourth-order valence-electron chi connectivity index (χ4n) is 1.26. The number of rotatable bonds is 4. The van der Waals surface area contributed by atoms with Gasteiger partial charge < -0.3 is 5.11 Å². The first-order valence-corrected chi connectivity index (χ1v) is 5.89. The highest BCUT2D eigenvalue weighted by Crippen LogP contribution is 2.27. The lowest BCUT2D eigenvalue weighted by Crippen LogP contribution is -2.43. The number of hydrogen-bond donors (Lipinski definition) is 1. The molecule has 2 nitrogen and oxygen atoms in total. The van der Waals surface area contributed by atoms with Gasteiger partial charge in [0, 0.05) is 27.7 Å².